The average molecular weight is 327 g/mol. The van der Waals surface area contributed by atoms with Crippen LogP contribution in [0.1, 0.15) is 37.5 Å². The van der Waals surface area contributed by atoms with Gasteiger partial charge in [-0.3, -0.25) is 14.9 Å². The van der Waals surface area contributed by atoms with Crippen molar-refractivity contribution in [2.45, 2.75) is 32.6 Å². The first kappa shape index (κ1) is 17.7. The van der Waals surface area contributed by atoms with Gasteiger partial charge in [-0.1, -0.05) is 50.2 Å². The molecule has 0 heterocycles. The summed E-state index contributed by atoms with van der Waals surface area (Å²) >= 11 is 0. The zero-order valence-corrected chi connectivity index (χ0v) is 14.0. The van der Waals surface area contributed by atoms with E-state index in [1.165, 1.54) is 24.3 Å². The normalized spacial score (nSPS) is 13.5. The minimum Gasteiger partial charge on any atom is -0.480 e. The quantitative estimate of drug-likeness (QED) is 0.637. The maximum atomic E-state index is 12.0. The van der Waals surface area contributed by atoms with Crippen molar-refractivity contribution in [3.63, 3.8) is 0 Å². The smallest absolute Gasteiger partial charge is 0.318 e. The largest absolute Gasteiger partial charge is 0.480 e. The highest BCUT2D eigenvalue weighted by molar-refractivity contribution is 5.85. The molecule has 0 fully saturated rings. The third kappa shape index (κ3) is 3.45. The highest BCUT2D eigenvalue weighted by Gasteiger charge is 2.37. The molecule has 0 spiro atoms. The van der Waals surface area contributed by atoms with Crippen molar-refractivity contribution in [1.82, 2.24) is 0 Å². The van der Waals surface area contributed by atoms with Gasteiger partial charge < -0.3 is 5.11 Å². The average Bonchev–Trinajstić information content (AvgIpc) is 2.54. The number of rotatable bonds is 6. The van der Waals surface area contributed by atoms with Gasteiger partial charge in [0.2, 0.25) is 0 Å². The lowest BCUT2D eigenvalue weighted by atomic mass is 9.76. The van der Waals surface area contributed by atoms with E-state index < -0.39 is 16.3 Å². The van der Waals surface area contributed by atoms with E-state index in [4.69, 9.17) is 0 Å². The molecule has 0 saturated carbocycles. The Balaban J connectivity index is 2.43. The molecule has 0 aliphatic rings. The number of carbonyl (C=O) groups is 1. The van der Waals surface area contributed by atoms with Crippen LogP contribution < -0.4 is 0 Å². The molecular formula is C19H21NO4. The van der Waals surface area contributed by atoms with Crippen LogP contribution >= 0.6 is 0 Å². The molecule has 2 rings (SSSR count). The van der Waals surface area contributed by atoms with E-state index in [0.29, 0.717) is 17.0 Å². The van der Waals surface area contributed by atoms with Crippen LogP contribution in [0.25, 0.3) is 0 Å². The van der Waals surface area contributed by atoms with Crippen molar-refractivity contribution >= 4 is 11.7 Å². The third-order valence-electron chi connectivity index (χ3n) is 4.26. The number of hydrogen-bond donors (Lipinski definition) is 1. The summed E-state index contributed by atoms with van der Waals surface area (Å²) in [5.74, 6) is -0.468. The van der Waals surface area contributed by atoms with Crippen molar-refractivity contribution in [3.05, 3.63) is 75.3 Å². The molecule has 2 aromatic carbocycles. The Hall–Kier alpha value is -2.69. The molecule has 0 bridgehead atoms. The fourth-order valence-corrected chi connectivity index (χ4v) is 2.78. The van der Waals surface area contributed by atoms with E-state index in [1.807, 2.05) is 24.3 Å². The molecule has 2 aromatic rings. The van der Waals surface area contributed by atoms with Crippen LogP contribution in [0.15, 0.2) is 48.5 Å². The molecule has 0 saturated heterocycles. The highest BCUT2D eigenvalue weighted by Crippen LogP contribution is 2.33. The van der Waals surface area contributed by atoms with Crippen LogP contribution in [-0.2, 0) is 16.6 Å². The predicted octanol–water partition coefficient (Wildman–Crippen LogP) is 4.18. The van der Waals surface area contributed by atoms with Crippen LogP contribution in [-0.4, -0.2) is 16.0 Å². The summed E-state index contributed by atoms with van der Waals surface area (Å²) in [5.41, 5.74) is 1.00. The molecule has 5 heteroatoms. The Kier molecular flexibility index (Phi) is 5.02. The summed E-state index contributed by atoms with van der Waals surface area (Å²) in [6.45, 7) is 5.88. The molecule has 0 aliphatic carbocycles. The molecule has 5 nitrogen and oxygen atoms in total. The fraction of sp³-hybridized carbons (Fsp3) is 0.316. The van der Waals surface area contributed by atoms with E-state index in [9.17, 15) is 20.0 Å². The molecule has 0 radical (unpaired) electrons. The zero-order chi connectivity index (χ0) is 17.9. The SMILES string of the molecule is CC(C)Cc1ccc(C(C)(C(=O)O)c2ccc([N+](=O)[O-])cc2)cc1. The summed E-state index contributed by atoms with van der Waals surface area (Å²) in [4.78, 5) is 22.3. The Morgan fingerprint density at radius 2 is 1.54 bits per heavy atom. The fourth-order valence-electron chi connectivity index (χ4n) is 2.78. The number of hydrogen-bond acceptors (Lipinski definition) is 3. The Labute approximate surface area is 141 Å². The number of aliphatic carboxylic acids is 1. The van der Waals surface area contributed by atoms with Crippen LogP contribution in [0.2, 0.25) is 0 Å². The van der Waals surface area contributed by atoms with Crippen molar-refractivity contribution in [2.75, 3.05) is 0 Å². The lowest BCUT2D eigenvalue weighted by Gasteiger charge is -2.26. The van der Waals surface area contributed by atoms with Gasteiger partial charge in [0.15, 0.2) is 0 Å². The van der Waals surface area contributed by atoms with Gasteiger partial charge in [-0.15, -0.1) is 0 Å². The summed E-state index contributed by atoms with van der Waals surface area (Å²) < 4.78 is 0. The second-order valence-corrected chi connectivity index (χ2v) is 6.53. The zero-order valence-electron chi connectivity index (χ0n) is 14.0. The monoisotopic (exact) mass is 327 g/mol. The highest BCUT2D eigenvalue weighted by atomic mass is 16.6. The van der Waals surface area contributed by atoms with Gasteiger partial charge in [0.05, 0.1) is 4.92 Å². The molecule has 1 N–H and O–H groups in total. The minimum atomic E-state index is -1.26. The van der Waals surface area contributed by atoms with Crippen LogP contribution in [0.3, 0.4) is 0 Å². The van der Waals surface area contributed by atoms with Gasteiger partial charge in [-0.05, 0) is 36.0 Å². The molecule has 0 aromatic heterocycles. The van der Waals surface area contributed by atoms with Crippen molar-refractivity contribution in [3.8, 4) is 0 Å². The van der Waals surface area contributed by atoms with Crippen molar-refractivity contribution in [1.29, 1.82) is 0 Å². The summed E-state index contributed by atoms with van der Waals surface area (Å²) in [6, 6.07) is 13.2. The van der Waals surface area contributed by atoms with Crippen molar-refractivity contribution < 1.29 is 14.8 Å². The molecule has 0 aliphatic heterocycles. The predicted molar refractivity (Wildman–Crippen MR) is 92.2 cm³/mol. The van der Waals surface area contributed by atoms with E-state index in [0.717, 1.165) is 12.0 Å². The van der Waals surface area contributed by atoms with Gasteiger partial charge in [0.25, 0.3) is 5.69 Å². The molecule has 0 amide bonds. The Morgan fingerprint density at radius 3 is 1.92 bits per heavy atom. The number of carboxylic acids is 1. The number of nitrogens with zero attached hydrogens (tertiary/aromatic N) is 1. The maximum absolute atomic E-state index is 12.0. The second-order valence-electron chi connectivity index (χ2n) is 6.53. The van der Waals surface area contributed by atoms with Crippen LogP contribution in [0, 0.1) is 16.0 Å². The van der Waals surface area contributed by atoms with Gasteiger partial charge >= 0.3 is 5.97 Å². The van der Waals surface area contributed by atoms with E-state index >= 15 is 0 Å². The van der Waals surface area contributed by atoms with E-state index in [-0.39, 0.29) is 5.69 Å². The van der Waals surface area contributed by atoms with Crippen LogP contribution in [0.5, 0.6) is 0 Å². The summed E-state index contributed by atoms with van der Waals surface area (Å²) in [6.07, 6.45) is 0.932. The number of nitro groups is 1. The third-order valence-corrected chi connectivity index (χ3v) is 4.26. The lowest BCUT2D eigenvalue weighted by molar-refractivity contribution is -0.384. The van der Waals surface area contributed by atoms with E-state index in [2.05, 4.69) is 13.8 Å². The number of nitro benzene ring substituents is 1. The van der Waals surface area contributed by atoms with Gasteiger partial charge in [0, 0.05) is 12.1 Å². The molecule has 1 atom stereocenters. The van der Waals surface area contributed by atoms with Gasteiger partial charge in [0.1, 0.15) is 5.41 Å². The number of carboxylic acid groups (broad SMARTS) is 1. The molecule has 126 valence electrons. The first-order valence-electron chi connectivity index (χ1n) is 7.83. The van der Waals surface area contributed by atoms with Gasteiger partial charge in [-0.25, -0.2) is 0 Å². The summed E-state index contributed by atoms with van der Waals surface area (Å²) in [5, 5.41) is 20.6. The Morgan fingerprint density at radius 1 is 1.08 bits per heavy atom. The minimum absolute atomic E-state index is 0.0567. The number of benzene rings is 2. The molecule has 24 heavy (non-hydrogen) atoms. The van der Waals surface area contributed by atoms with Crippen LogP contribution in [0.4, 0.5) is 5.69 Å². The number of non-ortho nitro benzene ring substituents is 1. The topological polar surface area (TPSA) is 80.4 Å². The summed E-state index contributed by atoms with van der Waals surface area (Å²) in [7, 11) is 0. The van der Waals surface area contributed by atoms with Crippen molar-refractivity contribution in [2.24, 2.45) is 5.92 Å². The molecule has 1 unspecified atom stereocenters. The van der Waals surface area contributed by atoms with E-state index in [1.54, 1.807) is 6.92 Å². The molecular weight excluding hydrogens is 306 g/mol. The maximum Gasteiger partial charge on any atom is 0.318 e. The first-order chi connectivity index (χ1) is 11.2. The Bertz CT molecular complexity index is 735. The van der Waals surface area contributed by atoms with Gasteiger partial charge in [-0.2, -0.15) is 0 Å². The lowest BCUT2D eigenvalue weighted by Crippen LogP contribution is -2.33. The standard InChI is InChI=1S/C19H21NO4/c1-13(2)12-14-4-6-15(7-5-14)19(3,18(21)22)16-8-10-17(11-9-16)20(23)24/h4-11,13H,12H2,1-3H3,(H,21,22). The second kappa shape index (κ2) is 6.83. The first-order valence-corrected chi connectivity index (χ1v) is 7.83.